The minimum Gasteiger partial charge on any atom is -0.507 e. The Morgan fingerprint density at radius 2 is 2.00 bits per heavy atom. The number of anilines is 1. The van der Waals surface area contributed by atoms with Crippen molar-refractivity contribution >= 4 is 11.9 Å². The second-order valence-electron chi connectivity index (χ2n) is 9.98. The van der Waals surface area contributed by atoms with E-state index in [-0.39, 0.29) is 17.9 Å². The summed E-state index contributed by atoms with van der Waals surface area (Å²) in [6.07, 6.45) is -0.314. The Bertz CT molecular complexity index is 995. The van der Waals surface area contributed by atoms with Gasteiger partial charge >= 0.3 is 6.09 Å². The highest BCUT2D eigenvalue weighted by Crippen LogP contribution is 2.36. The predicted molar refractivity (Wildman–Crippen MR) is 122 cm³/mol. The summed E-state index contributed by atoms with van der Waals surface area (Å²) in [6.45, 7) is 13.7. The average Bonchev–Trinajstić information content (AvgIpc) is 3.03. The van der Waals surface area contributed by atoms with E-state index in [4.69, 9.17) is 9.47 Å². The van der Waals surface area contributed by atoms with Gasteiger partial charge in [-0.3, -0.25) is 4.90 Å². The fourth-order valence-corrected chi connectivity index (χ4v) is 4.67. The van der Waals surface area contributed by atoms with Gasteiger partial charge in [0.2, 0.25) is 0 Å². The van der Waals surface area contributed by atoms with E-state index in [0.29, 0.717) is 43.3 Å². The number of hydrogen-bond donors (Lipinski definition) is 1. The van der Waals surface area contributed by atoms with E-state index in [0.717, 1.165) is 11.1 Å². The van der Waals surface area contributed by atoms with Gasteiger partial charge in [-0.15, -0.1) is 10.2 Å². The molecule has 2 fully saturated rings. The molecule has 172 valence electrons. The molecule has 32 heavy (non-hydrogen) atoms. The number of carbonyl (C=O) groups is 1. The first-order chi connectivity index (χ1) is 15.0. The Labute approximate surface area is 189 Å². The van der Waals surface area contributed by atoms with Crippen molar-refractivity contribution in [2.75, 3.05) is 31.1 Å². The summed E-state index contributed by atoms with van der Waals surface area (Å²) in [4.78, 5) is 16.7. The molecule has 1 amide bonds. The second-order valence-corrected chi connectivity index (χ2v) is 9.98. The normalized spacial score (nSPS) is 23.2. The molecule has 3 heterocycles. The fraction of sp³-hybridized carbons (Fsp3) is 0.542. The molecule has 0 aliphatic carbocycles. The van der Waals surface area contributed by atoms with E-state index in [1.54, 1.807) is 11.0 Å². The van der Waals surface area contributed by atoms with Crippen molar-refractivity contribution in [1.29, 1.82) is 0 Å². The van der Waals surface area contributed by atoms with Crippen LogP contribution in [0.25, 0.3) is 11.3 Å². The molecule has 2 unspecified atom stereocenters. The van der Waals surface area contributed by atoms with Crippen LogP contribution in [0.2, 0.25) is 0 Å². The van der Waals surface area contributed by atoms with Crippen molar-refractivity contribution in [3.63, 3.8) is 0 Å². The molecule has 0 spiro atoms. The van der Waals surface area contributed by atoms with E-state index in [9.17, 15) is 9.90 Å². The number of fused-ring (bicyclic) bond motifs is 1. The maximum atomic E-state index is 12.8. The third-order valence-electron chi connectivity index (χ3n) is 6.06. The molecule has 0 radical (unpaired) electrons. The number of morpholine rings is 1. The first-order valence-corrected chi connectivity index (χ1v) is 11.0. The Hall–Kier alpha value is -2.87. The SMILES string of the molecule is Cc1cc(C)c(-c2ccc(N3CC4N(C(=O)OC(C)(C)C)CCOC4(C)C3)nn2)c(O)c1. The molecule has 0 saturated carbocycles. The largest absolute Gasteiger partial charge is 0.507 e. The molecule has 1 aromatic heterocycles. The number of nitrogens with zero attached hydrogens (tertiary/aromatic N) is 4. The van der Waals surface area contributed by atoms with Gasteiger partial charge in [-0.25, -0.2) is 4.79 Å². The zero-order chi connectivity index (χ0) is 23.3. The van der Waals surface area contributed by atoms with Crippen molar-refractivity contribution in [2.24, 2.45) is 0 Å². The molecule has 8 heteroatoms. The summed E-state index contributed by atoms with van der Waals surface area (Å²) in [7, 11) is 0. The van der Waals surface area contributed by atoms with Crippen LogP contribution in [0.3, 0.4) is 0 Å². The van der Waals surface area contributed by atoms with Gasteiger partial charge < -0.3 is 19.5 Å². The Kier molecular flexibility index (Phi) is 5.53. The molecule has 8 nitrogen and oxygen atoms in total. The van der Waals surface area contributed by atoms with Gasteiger partial charge in [0.1, 0.15) is 17.0 Å². The van der Waals surface area contributed by atoms with Crippen molar-refractivity contribution in [3.8, 4) is 17.0 Å². The number of aromatic nitrogens is 2. The van der Waals surface area contributed by atoms with Crippen molar-refractivity contribution in [3.05, 3.63) is 35.4 Å². The molecule has 1 aromatic carbocycles. The maximum Gasteiger partial charge on any atom is 0.410 e. The van der Waals surface area contributed by atoms with E-state index in [1.165, 1.54) is 0 Å². The van der Waals surface area contributed by atoms with Crippen molar-refractivity contribution in [1.82, 2.24) is 15.1 Å². The topological polar surface area (TPSA) is 88.0 Å². The molecule has 2 saturated heterocycles. The van der Waals surface area contributed by atoms with Crippen LogP contribution in [0, 0.1) is 13.8 Å². The fourth-order valence-electron chi connectivity index (χ4n) is 4.67. The van der Waals surface area contributed by atoms with Gasteiger partial charge in [0.15, 0.2) is 5.82 Å². The van der Waals surface area contributed by atoms with Crippen LogP contribution in [0.15, 0.2) is 24.3 Å². The molecule has 2 atom stereocenters. The third kappa shape index (κ3) is 4.24. The van der Waals surface area contributed by atoms with E-state index in [1.807, 2.05) is 59.7 Å². The van der Waals surface area contributed by atoms with Crippen LogP contribution in [-0.4, -0.2) is 69.8 Å². The highest BCUT2D eigenvalue weighted by molar-refractivity contribution is 5.72. The summed E-state index contributed by atoms with van der Waals surface area (Å²) in [5.41, 5.74) is 2.20. The lowest BCUT2D eigenvalue weighted by molar-refractivity contribution is -0.111. The number of phenols is 1. The lowest BCUT2D eigenvalue weighted by Crippen LogP contribution is -2.60. The lowest BCUT2D eigenvalue weighted by atomic mass is 9.97. The summed E-state index contributed by atoms with van der Waals surface area (Å²) in [5, 5.41) is 19.2. The summed E-state index contributed by atoms with van der Waals surface area (Å²) >= 11 is 0. The lowest BCUT2D eigenvalue weighted by Gasteiger charge is -2.43. The number of ether oxygens (including phenoxy) is 2. The molecule has 1 N–H and O–H groups in total. The standard InChI is InChI=1S/C24H32N4O4/c1-15-11-16(2)21(18(29)12-15)17-7-8-20(26-25-17)27-13-19-24(6,14-27)31-10-9-28(19)22(30)32-23(3,4)5/h7-8,11-12,19,29H,9-10,13-14H2,1-6H3. The van der Waals surface area contributed by atoms with Crippen molar-refractivity contribution in [2.45, 2.75) is 58.8 Å². The second kappa shape index (κ2) is 7.92. The quantitative estimate of drug-likeness (QED) is 0.762. The van der Waals surface area contributed by atoms with Gasteiger partial charge in [-0.1, -0.05) is 6.07 Å². The van der Waals surface area contributed by atoms with Gasteiger partial charge in [0, 0.05) is 18.7 Å². The van der Waals surface area contributed by atoms with Crippen LogP contribution in [0.5, 0.6) is 5.75 Å². The minimum atomic E-state index is -0.551. The average molecular weight is 441 g/mol. The van der Waals surface area contributed by atoms with Crippen LogP contribution < -0.4 is 4.90 Å². The number of amides is 1. The van der Waals surface area contributed by atoms with Crippen molar-refractivity contribution < 1.29 is 19.4 Å². The van der Waals surface area contributed by atoms with Crippen LogP contribution >= 0.6 is 0 Å². The summed E-state index contributed by atoms with van der Waals surface area (Å²) < 4.78 is 11.7. The zero-order valence-corrected chi connectivity index (χ0v) is 19.7. The molecule has 2 aliphatic heterocycles. The predicted octanol–water partition coefficient (Wildman–Crippen LogP) is 3.68. The van der Waals surface area contributed by atoms with E-state index >= 15 is 0 Å². The first kappa shape index (κ1) is 22.3. The number of aryl methyl sites for hydroxylation is 2. The summed E-state index contributed by atoms with van der Waals surface area (Å²) in [5.74, 6) is 0.909. The first-order valence-electron chi connectivity index (χ1n) is 11.0. The minimum absolute atomic E-state index is 0.143. The van der Waals surface area contributed by atoms with Crippen LogP contribution in [0.1, 0.15) is 38.8 Å². The Balaban J connectivity index is 1.55. The third-order valence-corrected chi connectivity index (χ3v) is 6.06. The number of carbonyl (C=O) groups excluding carboxylic acids is 1. The number of benzene rings is 1. The number of phenolic OH excluding ortho intramolecular Hbond substituents is 1. The Morgan fingerprint density at radius 3 is 2.62 bits per heavy atom. The van der Waals surface area contributed by atoms with Gasteiger partial charge in [-0.05, 0) is 70.9 Å². The maximum absolute atomic E-state index is 12.8. The smallest absolute Gasteiger partial charge is 0.410 e. The van der Waals surface area contributed by atoms with E-state index < -0.39 is 11.2 Å². The molecule has 2 aliphatic rings. The molecule has 0 bridgehead atoms. The highest BCUT2D eigenvalue weighted by Gasteiger charge is 2.52. The molecule has 4 rings (SSSR count). The van der Waals surface area contributed by atoms with E-state index in [2.05, 4.69) is 15.1 Å². The van der Waals surface area contributed by atoms with Gasteiger partial charge in [-0.2, -0.15) is 0 Å². The van der Waals surface area contributed by atoms with Crippen LogP contribution in [0.4, 0.5) is 10.6 Å². The number of hydrogen-bond acceptors (Lipinski definition) is 7. The molecular formula is C24H32N4O4. The number of aromatic hydroxyl groups is 1. The summed E-state index contributed by atoms with van der Waals surface area (Å²) in [6, 6.07) is 7.37. The highest BCUT2D eigenvalue weighted by atomic mass is 16.6. The zero-order valence-electron chi connectivity index (χ0n) is 19.7. The van der Waals surface area contributed by atoms with Gasteiger partial charge in [0.25, 0.3) is 0 Å². The molecule has 2 aromatic rings. The van der Waals surface area contributed by atoms with Crippen LogP contribution in [-0.2, 0) is 9.47 Å². The molecular weight excluding hydrogens is 408 g/mol. The van der Waals surface area contributed by atoms with Gasteiger partial charge in [0.05, 0.1) is 24.9 Å². The monoisotopic (exact) mass is 440 g/mol. The number of rotatable bonds is 2. The Morgan fingerprint density at radius 1 is 1.25 bits per heavy atom.